The van der Waals surface area contributed by atoms with E-state index in [0.29, 0.717) is 48.0 Å². The van der Waals surface area contributed by atoms with Crippen molar-refractivity contribution in [2.24, 2.45) is 17.8 Å². The Hall–Kier alpha value is -4.95. The van der Waals surface area contributed by atoms with Gasteiger partial charge in [0.2, 0.25) is 5.78 Å². The van der Waals surface area contributed by atoms with Crippen LogP contribution in [0.2, 0.25) is 18.1 Å². The number of likely N-dealkylation sites (N-methyl/N-ethyl adjacent to an activating group) is 1. The zero-order valence-corrected chi connectivity index (χ0v) is 37.9. The topological polar surface area (TPSA) is 128 Å². The molecule has 0 saturated heterocycles. The standard InChI is InChI=1S/C47H59N5O7Si/c1-46(2,3)60(10,11)59-47-33(38(51(6)7)41-37(43(47)55)45(49-58-41)57-28-30-21-16-13-17-22-30)26-31-25-32-36(39(53)35(31)42(47)54)40(56-27-29-19-14-12-15-20-29)34(23-18-24-50(4)5)48-44(32)52(8)9/h12-23,31,33,35,38H,24-28H2,1-11H3/b23-18+/t31-,33-,35?,38-,47-/m0/s1. The number of fused-ring (bicyclic) bond motifs is 4. The summed E-state index contributed by atoms with van der Waals surface area (Å²) in [6.07, 6.45) is 4.57. The van der Waals surface area contributed by atoms with E-state index in [1.807, 2.05) is 143 Å². The van der Waals surface area contributed by atoms with E-state index in [0.717, 1.165) is 16.7 Å². The number of hydrogen-bond acceptors (Lipinski definition) is 12. The van der Waals surface area contributed by atoms with Crippen LogP contribution in [0.4, 0.5) is 5.82 Å². The van der Waals surface area contributed by atoms with Gasteiger partial charge in [0.25, 0.3) is 5.88 Å². The molecule has 0 aliphatic heterocycles. The Morgan fingerprint density at radius 3 is 2.07 bits per heavy atom. The summed E-state index contributed by atoms with van der Waals surface area (Å²) in [5.74, 6) is -2.50. The molecule has 5 atom stereocenters. The Morgan fingerprint density at radius 1 is 0.883 bits per heavy atom. The predicted molar refractivity (Wildman–Crippen MR) is 234 cm³/mol. The van der Waals surface area contributed by atoms with Gasteiger partial charge in [0, 0.05) is 32.1 Å². The third-order valence-corrected chi connectivity index (χ3v) is 17.2. The molecule has 0 bridgehead atoms. The van der Waals surface area contributed by atoms with E-state index in [2.05, 4.69) is 25.9 Å². The van der Waals surface area contributed by atoms with Crippen LogP contribution in [-0.2, 0) is 28.9 Å². The first-order chi connectivity index (χ1) is 28.4. The van der Waals surface area contributed by atoms with E-state index >= 15 is 14.4 Å². The van der Waals surface area contributed by atoms with Crippen LogP contribution in [0.3, 0.4) is 0 Å². The van der Waals surface area contributed by atoms with Gasteiger partial charge < -0.3 is 28.2 Å². The van der Waals surface area contributed by atoms with Crippen molar-refractivity contribution in [3.05, 3.63) is 106 Å². The second-order valence-corrected chi connectivity index (χ2v) is 23.4. The van der Waals surface area contributed by atoms with E-state index in [4.69, 9.17) is 23.4 Å². The van der Waals surface area contributed by atoms with Crippen molar-refractivity contribution in [1.29, 1.82) is 0 Å². The Bertz CT molecular complexity index is 2280. The number of carbonyl (C=O) groups excluding carboxylic acids is 3. The third kappa shape index (κ3) is 7.65. The van der Waals surface area contributed by atoms with Crippen LogP contribution in [0.1, 0.15) is 82.1 Å². The van der Waals surface area contributed by atoms with Crippen LogP contribution in [0.5, 0.6) is 11.6 Å². The molecule has 0 radical (unpaired) electrons. The maximum atomic E-state index is 16.0. The molecule has 7 rings (SSSR count). The summed E-state index contributed by atoms with van der Waals surface area (Å²) in [4.78, 5) is 58.4. The van der Waals surface area contributed by atoms with Crippen LogP contribution in [-0.4, -0.2) is 100 Å². The van der Waals surface area contributed by atoms with Gasteiger partial charge in [0.15, 0.2) is 37.0 Å². The molecule has 0 amide bonds. The number of carbonyl (C=O) groups is 3. The summed E-state index contributed by atoms with van der Waals surface area (Å²) >= 11 is 0. The molecule has 318 valence electrons. The number of ether oxygens (including phenoxy) is 2. The third-order valence-electron chi connectivity index (χ3n) is 12.7. The predicted octanol–water partition coefficient (Wildman–Crippen LogP) is 7.69. The van der Waals surface area contributed by atoms with E-state index in [9.17, 15) is 0 Å². The zero-order chi connectivity index (χ0) is 43.3. The molecule has 1 fully saturated rings. The number of Topliss-reactive ketones (excluding diaryl/α,β-unsaturated/α-hetero) is 3. The molecule has 13 heteroatoms. The lowest BCUT2D eigenvalue weighted by molar-refractivity contribution is -0.151. The van der Waals surface area contributed by atoms with Crippen molar-refractivity contribution >= 4 is 37.6 Å². The van der Waals surface area contributed by atoms with Crippen molar-refractivity contribution in [1.82, 2.24) is 19.9 Å². The Balaban J connectivity index is 1.41. The van der Waals surface area contributed by atoms with Gasteiger partial charge >= 0.3 is 0 Å². The molecule has 1 unspecified atom stereocenters. The Morgan fingerprint density at radius 2 is 1.50 bits per heavy atom. The highest BCUT2D eigenvalue weighted by molar-refractivity contribution is 6.74. The van der Waals surface area contributed by atoms with Gasteiger partial charge in [-0.1, -0.05) is 87.5 Å². The summed E-state index contributed by atoms with van der Waals surface area (Å²) < 4.78 is 26.2. The van der Waals surface area contributed by atoms with Gasteiger partial charge in [-0.2, -0.15) is 0 Å². The van der Waals surface area contributed by atoms with Gasteiger partial charge in [-0.3, -0.25) is 19.3 Å². The van der Waals surface area contributed by atoms with Crippen LogP contribution in [0.25, 0.3) is 6.08 Å². The number of hydrogen-bond donors (Lipinski definition) is 0. The number of rotatable bonds is 13. The molecule has 3 aliphatic rings. The number of benzene rings is 2. The number of pyridine rings is 1. The summed E-state index contributed by atoms with van der Waals surface area (Å²) in [6.45, 7) is 11.3. The maximum absolute atomic E-state index is 16.0. The van der Waals surface area contributed by atoms with Crippen LogP contribution in [0.15, 0.2) is 71.3 Å². The van der Waals surface area contributed by atoms with E-state index in [-0.39, 0.29) is 35.5 Å². The maximum Gasteiger partial charge on any atom is 0.265 e. The second-order valence-electron chi connectivity index (χ2n) is 18.7. The van der Waals surface area contributed by atoms with Crippen molar-refractivity contribution < 1.29 is 32.8 Å². The quantitative estimate of drug-likeness (QED) is 0.0969. The van der Waals surface area contributed by atoms with Crippen molar-refractivity contribution in [3.63, 3.8) is 0 Å². The number of ketones is 3. The van der Waals surface area contributed by atoms with E-state index < -0.39 is 49.3 Å². The second kappa shape index (κ2) is 16.5. The molecule has 2 aromatic heterocycles. The smallest absolute Gasteiger partial charge is 0.265 e. The van der Waals surface area contributed by atoms with Gasteiger partial charge in [-0.25, -0.2) is 4.98 Å². The highest BCUT2D eigenvalue weighted by atomic mass is 28.4. The minimum absolute atomic E-state index is 0.00468. The number of aromatic nitrogens is 2. The van der Waals surface area contributed by atoms with Gasteiger partial charge in [0.1, 0.15) is 30.3 Å². The first kappa shape index (κ1) is 43.1. The largest absolute Gasteiger partial charge is 0.486 e. The Labute approximate surface area is 355 Å². The fraction of sp³-hybridized carbons (Fsp3) is 0.468. The van der Waals surface area contributed by atoms with E-state index in [1.165, 1.54) is 0 Å². The molecule has 1 saturated carbocycles. The molecule has 0 spiro atoms. The lowest BCUT2D eigenvalue weighted by Gasteiger charge is -2.56. The molecule has 4 aromatic rings. The first-order valence-corrected chi connectivity index (χ1v) is 23.7. The molecule has 2 aromatic carbocycles. The monoisotopic (exact) mass is 833 g/mol. The zero-order valence-electron chi connectivity index (χ0n) is 36.9. The van der Waals surface area contributed by atoms with Crippen molar-refractivity contribution in [3.8, 4) is 11.6 Å². The van der Waals surface area contributed by atoms with Crippen molar-refractivity contribution in [2.75, 3.05) is 53.7 Å². The number of anilines is 1. The lowest BCUT2D eigenvalue weighted by Crippen LogP contribution is -2.70. The molecular weight excluding hydrogens is 775 g/mol. The van der Waals surface area contributed by atoms with Crippen molar-refractivity contribution in [2.45, 2.75) is 76.6 Å². The fourth-order valence-corrected chi connectivity index (χ4v) is 10.3. The van der Waals surface area contributed by atoms with Gasteiger partial charge in [0.05, 0.1) is 17.5 Å². The minimum Gasteiger partial charge on any atom is -0.486 e. The lowest BCUT2D eigenvalue weighted by atomic mass is 9.54. The molecule has 12 nitrogen and oxygen atoms in total. The molecular formula is C47H59N5O7Si. The summed E-state index contributed by atoms with van der Waals surface area (Å²) in [6, 6.07) is 18.7. The number of nitrogens with zero attached hydrogens (tertiary/aromatic N) is 5. The fourth-order valence-electron chi connectivity index (χ4n) is 8.85. The molecule has 3 aliphatic carbocycles. The average Bonchev–Trinajstić information content (AvgIpc) is 3.61. The first-order valence-electron chi connectivity index (χ1n) is 20.8. The molecule has 0 N–H and O–H groups in total. The summed E-state index contributed by atoms with van der Waals surface area (Å²) in [5, 5.41) is 3.93. The molecule has 60 heavy (non-hydrogen) atoms. The SMILES string of the molecule is CN(C)C/C=C/c1nc(N(C)C)c2c(c1OCc1ccccc1)C(=O)C1C(=O)[C@]3(O[Si](C)(C)C(C)(C)C)C(=O)c4c(OCc5ccccc5)noc4[C@@H](N(C)C)[C@@H]3C[C@@H]1C2. The highest BCUT2D eigenvalue weighted by Crippen LogP contribution is 2.59. The average molecular weight is 834 g/mol. The summed E-state index contributed by atoms with van der Waals surface area (Å²) in [5.41, 5.74) is 1.41. The van der Waals surface area contributed by atoms with Gasteiger partial charge in [-0.15, -0.1) is 0 Å². The molecule has 2 heterocycles. The summed E-state index contributed by atoms with van der Waals surface area (Å²) in [7, 11) is 8.65. The van der Waals surface area contributed by atoms with Crippen LogP contribution in [0, 0.1) is 17.8 Å². The van der Waals surface area contributed by atoms with Gasteiger partial charge in [-0.05, 0) is 87.4 Å². The normalized spacial score (nSPS) is 22.8. The highest BCUT2D eigenvalue weighted by Gasteiger charge is 2.70. The van der Waals surface area contributed by atoms with E-state index in [1.54, 1.807) is 0 Å². The van der Waals surface area contributed by atoms with Crippen LogP contribution < -0.4 is 14.4 Å². The Kier molecular flexibility index (Phi) is 11.9. The van der Waals surface area contributed by atoms with Crippen LogP contribution >= 0.6 is 0 Å². The minimum atomic E-state index is -2.93.